The summed E-state index contributed by atoms with van der Waals surface area (Å²) >= 11 is 0. The molecule has 0 saturated carbocycles. The monoisotopic (exact) mass is 374 g/mol. The van der Waals surface area contributed by atoms with E-state index in [4.69, 9.17) is 4.74 Å². The van der Waals surface area contributed by atoms with Gasteiger partial charge in [0.2, 0.25) is 11.8 Å². The fourth-order valence-electron chi connectivity index (χ4n) is 3.57. The molecule has 1 atom stereocenters. The SMILES string of the molecule is CC(C(=O)N1CCOCC1)N1CCN(CC(=O)NCc2ccccc2)CC1. The minimum absolute atomic E-state index is 0.0461. The van der Waals surface area contributed by atoms with E-state index < -0.39 is 0 Å². The molecule has 0 aromatic heterocycles. The molecule has 7 heteroatoms. The fourth-order valence-corrected chi connectivity index (χ4v) is 3.57. The van der Waals surface area contributed by atoms with Crippen molar-refractivity contribution in [1.29, 1.82) is 0 Å². The zero-order valence-corrected chi connectivity index (χ0v) is 16.1. The topological polar surface area (TPSA) is 65.1 Å². The number of rotatable bonds is 6. The number of nitrogens with one attached hydrogen (secondary N) is 1. The van der Waals surface area contributed by atoms with Crippen LogP contribution in [0.5, 0.6) is 0 Å². The Hall–Kier alpha value is -1.96. The number of carbonyl (C=O) groups is 2. The van der Waals surface area contributed by atoms with Gasteiger partial charge in [0.25, 0.3) is 0 Å². The first-order valence-corrected chi connectivity index (χ1v) is 9.77. The third-order valence-corrected chi connectivity index (χ3v) is 5.33. The van der Waals surface area contributed by atoms with Gasteiger partial charge < -0.3 is 15.0 Å². The number of ether oxygens (including phenoxy) is 1. The molecule has 1 aromatic carbocycles. The number of carbonyl (C=O) groups excluding carboxylic acids is 2. The third kappa shape index (κ3) is 5.76. The lowest BCUT2D eigenvalue weighted by Crippen LogP contribution is -2.56. The summed E-state index contributed by atoms with van der Waals surface area (Å²) in [5, 5.41) is 2.97. The van der Waals surface area contributed by atoms with Gasteiger partial charge in [-0.3, -0.25) is 19.4 Å². The van der Waals surface area contributed by atoms with Crippen LogP contribution in [-0.2, 0) is 20.9 Å². The molecule has 2 aliphatic rings. The number of hydrogen-bond donors (Lipinski definition) is 1. The first-order valence-electron chi connectivity index (χ1n) is 9.77. The number of benzene rings is 1. The number of morpholine rings is 1. The van der Waals surface area contributed by atoms with Crippen molar-refractivity contribution in [3.05, 3.63) is 35.9 Å². The van der Waals surface area contributed by atoms with Crippen LogP contribution < -0.4 is 5.32 Å². The van der Waals surface area contributed by atoms with Gasteiger partial charge in [-0.2, -0.15) is 0 Å². The van der Waals surface area contributed by atoms with Crippen molar-refractivity contribution in [3.8, 4) is 0 Å². The number of piperazine rings is 1. The van der Waals surface area contributed by atoms with Gasteiger partial charge in [0, 0.05) is 45.8 Å². The van der Waals surface area contributed by atoms with Gasteiger partial charge in [0.05, 0.1) is 25.8 Å². The molecule has 2 amide bonds. The van der Waals surface area contributed by atoms with Crippen LogP contribution in [0.4, 0.5) is 0 Å². The van der Waals surface area contributed by atoms with E-state index in [2.05, 4.69) is 15.1 Å². The van der Waals surface area contributed by atoms with E-state index in [1.54, 1.807) is 0 Å². The Balaban J connectivity index is 1.37. The Morgan fingerprint density at radius 2 is 1.70 bits per heavy atom. The van der Waals surface area contributed by atoms with Crippen LogP contribution in [0.15, 0.2) is 30.3 Å². The molecule has 1 unspecified atom stereocenters. The second kappa shape index (κ2) is 9.82. The first-order chi connectivity index (χ1) is 13.1. The standard InChI is InChI=1S/C20H30N4O3/c1-17(20(26)24-11-13-27-14-12-24)23-9-7-22(8-10-23)16-19(25)21-15-18-5-3-2-4-6-18/h2-6,17H,7-16H2,1H3,(H,21,25). The Morgan fingerprint density at radius 3 is 2.37 bits per heavy atom. The Morgan fingerprint density at radius 1 is 1.04 bits per heavy atom. The average molecular weight is 374 g/mol. The van der Waals surface area contributed by atoms with Crippen LogP contribution in [0.3, 0.4) is 0 Å². The highest BCUT2D eigenvalue weighted by molar-refractivity contribution is 5.81. The van der Waals surface area contributed by atoms with Gasteiger partial charge >= 0.3 is 0 Å². The molecule has 2 aliphatic heterocycles. The predicted octanol–water partition coefficient (Wildman–Crippen LogP) is 0.168. The summed E-state index contributed by atoms with van der Waals surface area (Å²) in [6, 6.07) is 9.81. The summed E-state index contributed by atoms with van der Waals surface area (Å²) < 4.78 is 5.32. The molecule has 1 N–H and O–H groups in total. The Bertz CT molecular complexity index is 611. The highest BCUT2D eigenvalue weighted by Crippen LogP contribution is 2.10. The van der Waals surface area contributed by atoms with Crippen molar-refractivity contribution in [2.24, 2.45) is 0 Å². The van der Waals surface area contributed by atoms with Crippen molar-refractivity contribution >= 4 is 11.8 Å². The summed E-state index contributed by atoms with van der Waals surface area (Å²) in [4.78, 5) is 31.1. The van der Waals surface area contributed by atoms with E-state index in [-0.39, 0.29) is 17.9 Å². The van der Waals surface area contributed by atoms with Crippen LogP contribution in [0, 0.1) is 0 Å². The second-order valence-electron chi connectivity index (χ2n) is 7.19. The maximum Gasteiger partial charge on any atom is 0.239 e. The molecule has 2 fully saturated rings. The van der Waals surface area contributed by atoms with Crippen LogP contribution in [0.1, 0.15) is 12.5 Å². The van der Waals surface area contributed by atoms with Gasteiger partial charge in [-0.25, -0.2) is 0 Å². The normalized spacial score (nSPS) is 20.3. The maximum absolute atomic E-state index is 12.6. The van der Waals surface area contributed by atoms with E-state index in [9.17, 15) is 9.59 Å². The lowest BCUT2D eigenvalue weighted by atomic mass is 10.2. The number of amides is 2. The molecule has 0 radical (unpaired) electrons. The van der Waals surface area contributed by atoms with Gasteiger partial charge in [0.1, 0.15) is 0 Å². The highest BCUT2D eigenvalue weighted by atomic mass is 16.5. The number of nitrogens with zero attached hydrogens (tertiary/aromatic N) is 3. The maximum atomic E-state index is 12.6. The molecular formula is C20H30N4O3. The lowest BCUT2D eigenvalue weighted by molar-refractivity contribution is -0.141. The van der Waals surface area contributed by atoms with Gasteiger partial charge in [-0.15, -0.1) is 0 Å². The quantitative estimate of drug-likeness (QED) is 0.769. The zero-order valence-electron chi connectivity index (χ0n) is 16.1. The molecule has 7 nitrogen and oxygen atoms in total. The van der Waals surface area contributed by atoms with Crippen LogP contribution >= 0.6 is 0 Å². The van der Waals surface area contributed by atoms with Gasteiger partial charge in [-0.05, 0) is 12.5 Å². The van der Waals surface area contributed by atoms with E-state index in [0.717, 1.165) is 31.7 Å². The van der Waals surface area contributed by atoms with E-state index in [1.807, 2.05) is 42.2 Å². The van der Waals surface area contributed by atoms with Gasteiger partial charge in [-0.1, -0.05) is 30.3 Å². The third-order valence-electron chi connectivity index (χ3n) is 5.33. The average Bonchev–Trinajstić information content (AvgIpc) is 2.73. The largest absolute Gasteiger partial charge is 0.378 e. The molecule has 2 saturated heterocycles. The minimum Gasteiger partial charge on any atom is -0.378 e. The molecule has 27 heavy (non-hydrogen) atoms. The molecule has 0 aliphatic carbocycles. The molecule has 0 spiro atoms. The van der Waals surface area contributed by atoms with Crippen LogP contribution in [0.25, 0.3) is 0 Å². The molecule has 148 valence electrons. The highest BCUT2D eigenvalue weighted by Gasteiger charge is 2.29. The van der Waals surface area contributed by atoms with Gasteiger partial charge in [0.15, 0.2) is 0 Å². The van der Waals surface area contributed by atoms with Crippen molar-refractivity contribution in [3.63, 3.8) is 0 Å². The van der Waals surface area contributed by atoms with Crippen molar-refractivity contribution < 1.29 is 14.3 Å². The number of hydrogen-bond acceptors (Lipinski definition) is 5. The fraction of sp³-hybridized carbons (Fsp3) is 0.600. The summed E-state index contributed by atoms with van der Waals surface area (Å²) in [5.41, 5.74) is 1.10. The second-order valence-corrected chi connectivity index (χ2v) is 7.19. The van der Waals surface area contributed by atoms with Crippen molar-refractivity contribution in [2.45, 2.75) is 19.5 Å². The Kier molecular flexibility index (Phi) is 7.20. The summed E-state index contributed by atoms with van der Waals surface area (Å²) in [6.45, 7) is 8.81. The smallest absolute Gasteiger partial charge is 0.239 e. The molecular weight excluding hydrogens is 344 g/mol. The molecule has 0 bridgehead atoms. The summed E-state index contributed by atoms with van der Waals surface area (Å²) in [7, 11) is 0. The van der Waals surface area contributed by atoms with E-state index in [1.165, 1.54) is 0 Å². The molecule has 3 rings (SSSR count). The van der Waals surface area contributed by atoms with Crippen LogP contribution in [0.2, 0.25) is 0 Å². The summed E-state index contributed by atoms with van der Waals surface area (Å²) in [6.07, 6.45) is 0. The predicted molar refractivity (Wildman–Crippen MR) is 103 cm³/mol. The van der Waals surface area contributed by atoms with E-state index >= 15 is 0 Å². The Labute approximate surface area is 161 Å². The van der Waals surface area contributed by atoms with Crippen molar-refractivity contribution in [2.75, 3.05) is 59.0 Å². The minimum atomic E-state index is -0.114. The summed E-state index contributed by atoms with van der Waals surface area (Å²) in [5.74, 6) is 0.233. The van der Waals surface area contributed by atoms with Crippen molar-refractivity contribution in [1.82, 2.24) is 20.0 Å². The van der Waals surface area contributed by atoms with E-state index in [0.29, 0.717) is 39.4 Å². The lowest BCUT2D eigenvalue weighted by Gasteiger charge is -2.39. The van der Waals surface area contributed by atoms with Crippen LogP contribution in [-0.4, -0.2) is 91.6 Å². The molecule has 2 heterocycles. The first kappa shape index (κ1) is 19.8. The molecule has 1 aromatic rings. The zero-order chi connectivity index (χ0) is 19.1.